The molecule has 3 aromatic rings. The summed E-state index contributed by atoms with van der Waals surface area (Å²) in [7, 11) is 0. The highest BCUT2D eigenvalue weighted by molar-refractivity contribution is 6.07. The monoisotopic (exact) mass is 333 g/mol. The van der Waals surface area contributed by atoms with Crippen molar-refractivity contribution in [3.63, 3.8) is 0 Å². The average molecular weight is 333 g/mol. The molecular weight excluding hydrogens is 314 g/mol. The van der Waals surface area contributed by atoms with E-state index in [0.717, 1.165) is 22.0 Å². The largest absolute Gasteiger partial charge is 0.368 e. The maximum Gasteiger partial charge on any atom is 0.252 e. The number of primary amides is 1. The van der Waals surface area contributed by atoms with Gasteiger partial charge in [-0.3, -0.25) is 14.6 Å². The van der Waals surface area contributed by atoms with Gasteiger partial charge in [-0.25, -0.2) is 0 Å². The second kappa shape index (κ2) is 7.13. The first kappa shape index (κ1) is 16.6. The Labute approximate surface area is 145 Å². The molecule has 0 saturated heterocycles. The smallest absolute Gasteiger partial charge is 0.252 e. The number of para-hydroxylation sites is 1. The van der Waals surface area contributed by atoms with Crippen LogP contribution in [0.25, 0.3) is 10.9 Å². The number of hydrogen-bond donors (Lipinski definition) is 2. The van der Waals surface area contributed by atoms with Crippen LogP contribution >= 0.6 is 0 Å². The Morgan fingerprint density at radius 3 is 2.52 bits per heavy atom. The number of carbonyl (C=O) groups excluding carboxylic acids is 2. The molecule has 0 unspecified atom stereocenters. The van der Waals surface area contributed by atoms with Crippen LogP contribution in [0.4, 0.5) is 0 Å². The molecule has 1 aromatic heterocycles. The van der Waals surface area contributed by atoms with Crippen LogP contribution in [0.3, 0.4) is 0 Å². The number of amides is 2. The van der Waals surface area contributed by atoms with E-state index >= 15 is 0 Å². The normalized spacial score (nSPS) is 11.9. The van der Waals surface area contributed by atoms with Crippen LogP contribution in [-0.4, -0.2) is 22.8 Å². The number of rotatable bonds is 5. The summed E-state index contributed by atoms with van der Waals surface area (Å²) in [5.41, 5.74) is 8.76. The Hall–Kier alpha value is -3.21. The fourth-order valence-electron chi connectivity index (χ4n) is 2.71. The maximum atomic E-state index is 12.7. The number of fused-ring (bicyclic) bond motifs is 1. The van der Waals surface area contributed by atoms with Crippen molar-refractivity contribution in [3.05, 3.63) is 77.5 Å². The molecule has 1 heterocycles. The van der Waals surface area contributed by atoms with E-state index in [2.05, 4.69) is 10.3 Å². The molecule has 1 atom stereocenters. The molecule has 25 heavy (non-hydrogen) atoms. The molecule has 5 nitrogen and oxygen atoms in total. The highest BCUT2D eigenvalue weighted by Crippen LogP contribution is 2.16. The molecule has 0 radical (unpaired) electrons. The fraction of sp³-hybridized carbons (Fsp3) is 0.150. The van der Waals surface area contributed by atoms with Crippen LogP contribution in [-0.2, 0) is 11.2 Å². The lowest BCUT2D eigenvalue weighted by atomic mass is 10.0. The van der Waals surface area contributed by atoms with Crippen LogP contribution in [0.15, 0.2) is 60.8 Å². The predicted molar refractivity (Wildman–Crippen MR) is 97.1 cm³/mol. The Morgan fingerprint density at radius 2 is 1.80 bits per heavy atom. The summed E-state index contributed by atoms with van der Waals surface area (Å²) in [4.78, 5) is 28.7. The van der Waals surface area contributed by atoms with E-state index in [1.807, 2.05) is 55.5 Å². The van der Waals surface area contributed by atoms with Crippen LogP contribution in [0.1, 0.15) is 21.5 Å². The second-order valence-corrected chi connectivity index (χ2v) is 5.99. The lowest BCUT2D eigenvalue weighted by Gasteiger charge is -2.16. The van der Waals surface area contributed by atoms with Gasteiger partial charge in [0.2, 0.25) is 5.91 Å². The van der Waals surface area contributed by atoms with Gasteiger partial charge >= 0.3 is 0 Å². The third-order valence-corrected chi connectivity index (χ3v) is 4.10. The van der Waals surface area contributed by atoms with Gasteiger partial charge in [0.05, 0.1) is 11.1 Å². The zero-order valence-corrected chi connectivity index (χ0v) is 13.9. The highest BCUT2D eigenvalue weighted by atomic mass is 16.2. The molecule has 5 heteroatoms. The molecule has 3 N–H and O–H groups in total. The molecule has 0 aliphatic heterocycles. The highest BCUT2D eigenvalue weighted by Gasteiger charge is 2.20. The molecule has 126 valence electrons. The quantitative estimate of drug-likeness (QED) is 0.752. The summed E-state index contributed by atoms with van der Waals surface area (Å²) >= 11 is 0. The summed E-state index contributed by atoms with van der Waals surface area (Å²) in [5.74, 6) is -0.901. The molecule has 0 bridgehead atoms. The molecule has 2 aromatic carbocycles. The number of pyridine rings is 1. The number of carbonyl (C=O) groups is 2. The molecule has 0 aliphatic carbocycles. The van der Waals surface area contributed by atoms with E-state index < -0.39 is 11.9 Å². The molecule has 0 spiro atoms. The van der Waals surface area contributed by atoms with E-state index in [4.69, 9.17) is 5.73 Å². The van der Waals surface area contributed by atoms with Crippen molar-refractivity contribution in [2.75, 3.05) is 0 Å². The van der Waals surface area contributed by atoms with Gasteiger partial charge in [-0.1, -0.05) is 48.0 Å². The van der Waals surface area contributed by atoms with Crippen molar-refractivity contribution in [2.24, 2.45) is 5.73 Å². The van der Waals surface area contributed by atoms with Gasteiger partial charge < -0.3 is 11.1 Å². The third kappa shape index (κ3) is 3.83. The van der Waals surface area contributed by atoms with Crippen molar-refractivity contribution in [3.8, 4) is 0 Å². The molecular formula is C20H19N3O2. The van der Waals surface area contributed by atoms with Crippen molar-refractivity contribution < 1.29 is 9.59 Å². The van der Waals surface area contributed by atoms with Gasteiger partial charge in [0.15, 0.2) is 0 Å². The van der Waals surface area contributed by atoms with Gasteiger partial charge in [-0.2, -0.15) is 0 Å². The van der Waals surface area contributed by atoms with Gasteiger partial charge in [-0.05, 0) is 24.6 Å². The lowest BCUT2D eigenvalue weighted by Crippen LogP contribution is -2.45. The summed E-state index contributed by atoms with van der Waals surface area (Å²) in [6, 6.07) is 16.0. The molecule has 3 rings (SSSR count). The van der Waals surface area contributed by atoms with Crippen LogP contribution < -0.4 is 11.1 Å². The number of aryl methyl sites for hydroxylation is 1. The van der Waals surface area contributed by atoms with Crippen molar-refractivity contribution in [2.45, 2.75) is 19.4 Å². The summed E-state index contributed by atoms with van der Waals surface area (Å²) in [6.45, 7) is 1.99. The topological polar surface area (TPSA) is 85.1 Å². The van der Waals surface area contributed by atoms with E-state index in [0.29, 0.717) is 12.0 Å². The Morgan fingerprint density at radius 1 is 1.08 bits per heavy atom. The van der Waals surface area contributed by atoms with E-state index in [1.54, 1.807) is 12.3 Å². The second-order valence-electron chi connectivity index (χ2n) is 5.99. The molecule has 0 fully saturated rings. The first-order valence-electron chi connectivity index (χ1n) is 8.04. The van der Waals surface area contributed by atoms with E-state index in [-0.39, 0.29) is 5.91 Å². The Bertz CT molecular complexity index is 914. The zero-order chi connectivity index (χ0) is 17.8. The van der Waals surface area contributed by atoms with Crippen molar-refractivity contribution >= 4 is 22.7 Å². The Balaban J connectivity index is 1.83. The number of hydrogen-bond acceptors (Lipinski definition) is 3. The number of nitrogens with zero attached hydrogens (tertiary/aromatic N) is 1. The standard InChI is InChI=1S/C20H19N3O2/c1-13-6-8-14(9-7-13)12-18(19(21)24)23-20(25)16-10-11-22-17-5-3-2-4-15(16)17/h2-11,18H,12H2,1H3,(H2,21,24)(H,23,25)/t18-/m0/s1. The van der Waals surface area contributed by atoms with Crippen molar-refractivity contribution in [1.29, 1.82) is 0 Å². The summed E-state index contributed by atoms with van der Waals surface area (Å²) < 4.78 is 0. The minimum absolute atomic E-state index is 0.338. The number of nitrogens with two attached hydrogens (primary N) is 1. The van der Waals surface area contributed by atoms with E-state index in [9.17, 15) is 9.59 Å². The van der Waals surface area contributed by atoms with Crippen LogP contribution in [0, 0.1) is 6.92 Å². The first-order valence-corrected chi connectivity index (χ1v) is 8.04. The van der Waals surface area contributed by atoms with Crippen molar-refractivity contribution in [1.82, 2.24) is 10.3 Å². The summed E-state index contributed by atoms with van der Waals surface area (Å²) in [6.07, 6.45) is 1.93. The van der Waals surface area contributed by atoms with Crippen LogP contribution in [0.2, 0.25) is 0 Å². The first-order chi connectivity index (χ1) is 12.0. The summed E-state index contributed by atoms with van der Waals surface area (Å²) in [5, 5.41) is 3.48. The third-order valence-electron chi connectivity index (χ3n) is 4.10. The fourth-order valence-corrected chi connectivity index (χ4v) is 2.71. The molecule has 0 saturated carbocycles. The lowest BCUT2D eigenvalue weighted by molar-refractivity contribution is -0.119. The van der Waals surface area contributed by atoms with Gasteiger partial charge in [0.1, 0.15) is 6.04 Å². The minimum atomic E-state index is -0.776. The molecule has 0 aliphatic rings. The van der Waals surface area contributed by atoms with Crippen LogP contribution in [0.5, 0.6) is 0 Å². The number of benzene rings is 2. The SMILES string of the molecule is Cc1ccc(C[C@H](NC(=O)c2ccnc3ccccc23)C(N)=O)cc1. The van der Waals surface area contributed by atoms with E-state index in [1.165, 1.54) is 0 Å². The predicted octanol–water partition coefficient (Wildman–Crippen LogP) is 2.37. The Kier molecular flexibility index (Phi) is 4.75. The average Bonchev–Trinajstić information content (AvgIpc) is 2.62. The van der Waals surface area contributed by atoms with Gasteiger partial charge in [0, 0.05) is 18.0 Å². The maximum absolute atomic E-state index is 12.7. The zero-order valence-electron chi connectivity index (χ0n) is 13.9. The minimum Gasteiger partial charge on any atom is -0.368 e. The van der Waals surface area contributed by atoms with Gasteiger partial charge in [-0.15, -0.1) is 0 Å². The number of nitrogens with one attached hydrogen (secondary N) is 1. The molecule has 2 amide bonds. The number of aromatic nitrogens is 1. The van der Waals surface area contributed by atoms with Gasteiger partial charge in [0.25, 0.3) is 5.91 Å².